The normalized spacial score (nSPS) is 11.0. The second-order valence-corrected chi connectivity index (χ2v) is 4.80. The molecule has 16 heavy (non-hydrogen) atoms. The van der Waals surface area contributed by atoms with Gasteiger partial charge < -0.3 is 5.73 Å². The second-order valence-electron chi connectivity index (χ2n) is 3.72. The first kappa shape index (κ1) is 11.3. The highest BCUT2D eigenvalue weighted by Gasteiger charge is 2.16. The number of nitrogens with two attached hydrogens (primary N) is 1. The molecule has 5 nitrogen and oxygen atoms in total. The fraction of sp³-hybridized carbons (Fsp3) is 0.300. The maximum absolute atomic E-state index is 6.01. The molecule has 2 heterocycles. The standard InChI is InChI=1S/C10H12IN5/c1-6(2)9-8(11)10(12)16(15-9)7-3-4-13-5-14-7/h3-6H,12H2,1-2H3. The Hall–Kier alpha value is -1.18. The fourth-order valence-electron chi connectivity index (χ4n) is 1.38. The van der Waals surface area contributed by atoms with Crippen molar-refractivity contribution >= 4 is 28.4 Å². The molecule has 0 atom stereocenters. The molecule has 0 saturated carbocycles. The van der Waals surface area contributed by atoms with Crippen molar-refractivity contribution in [3.05, 3.63) is 27.9 Å². The summed E-state index contributed by atoms with van der Waals surface area (Å²) in [7, 11) is 0. The quantitative estimate of drug-likeness (QED) is 0.856. The average Bonchev–Trinajstić information content (AvgIpc) is 2.58. The fourth-order valence-corrected chi connectivity index (χ4v) is 2.34. The smallest absolute Gasteiger partial charge is 0.159 e. The van der Waals surface area contributed by atoms with Crippen LogP contribution in [0.4, 0.5) is 5.82 Å². The first-order valence-corrected chi connectivity index (χ1v) is 5.99. The third-order valence-corrected chi connectivity index (χ3v) is 3.32. The summed E-state index contributed by atoms with van der Waals surface area (Å²) in [6.07, 6.45) is 3.16. The summed E-state index contributed by atoms with van der Waals surface area (Å²) < 4.78 is 2.64. The SMILES string of the molecule is CC(C)c1nn(-c2ccncn2)c(N)c1I. The molecule has 0 amide bonds. The summed E-state index contributed by atoms with van der Waals surface area (Å²) in [6, 6.07) is 1.78. The van der Waals surface area contributed by atoms with Gasteiger partial charge in [0.15, 0.2) is 5.82 Å². The van der Waals surface area contributed by atoms with Crippen molar-refractivity contribution < 1.29 is 0 Å². The molecule has 2 aromatic rings. The van der Waals surface area contributed by atoms with Crippen molar-refractivity contribution in [1.29, 1.82) is 0 Å². The zero-order valence-electron chi connectivity index (χ0n) is 9.05. The van der Waals surface area contributed by atoms with Crippen LogP contribution in [0.3, 0.4) is 0 Å². The number of hydrogen-bond acceptors (Lipinski definition) is 4. The van der Waals surface area contributed by atoms with Crippen LogP contribution in [0.1, 0.15) is 25.5 Å². The molecule has 2 aromatic heterocycles. The van der Waals surface area contributed by atoms with Crippen molar-refractivity contribution in [2.75, 3.05) is 5.73 Å². The number of anilines is 1. The summed E-state index contributed by atoms with van der Waals surface area (Å²) in [6.45, 7) is 4.18. The van der Waals surface area contributed by atoms with Crippen LogP contribution >= 0.6 is 22.6 Å². The third kappa shape index (κ3) is 1.89. The Morgan fingerprint density at radius 3 is 2.69 bits per heavy atom. The lowest BCUT2D eigenvalue weighted by Crippen LogP contribution is -2.04. The molecule has 84 valence electrons. The number of aromatic nitrogens is 4. The number of halogens is 1. The highest BCUT2D eigenvalue weighted by atomic mass is 127. The molecule has 0 aliphatic carbocycles. The van der Waals surface area contributed by atoms with E-state index in [1.54, 1.807) is 16.9 Å². The van der Waals surface area contributed by atoms with Gasteiger partial charge in [-0.3, -0.25) is 0 Å². The molecule has 6 heteroatoms. The van der Waals surface area contributed by atoms with Gasteiger partial charge >= 0.3 is 0 Å². The largest absolute Gasteiger partial charge is 0.383 e. The predicted molar refractivity (Wildman–Crippen MR) is 70.4 cm³/mol. The van der Waals surface area contributed by atoms with Gasteiger partial charge in [-0.1, -0.05) is 13.8 Å². The van der Waals surface area contributed by atoms with Gasteiger partial charge in [-0.05, 0) is 28.5 Å². The minimum absolute atomic E-state index is 0.345. The van der Waals surface area contributed by atoms with Gasteiger partial charge in [0.05, 0.1) is 9.26 Å². The Morgan fingerprint density at radius 1 is 1.44 bits per heavy atom. The van der Waals surface area contributed by atoms with Crippen LogP contribution in [-0.4, -0.2) is 19.7 Å². The van der Waals surface area contributed by atoms with E-state index in [2.05, 4.69) is 51.5 Å². The Labute approximate surface area is 107 Å². The molecular formula is C10H12IN5. The first-order valence-electron chi connectivity index (χ1n) is 4.91. The molecular weight excluding hydrogens is 317 g/mol. The van der Waals surface area contributed by atoms with Gasteiger partial charge in [-0.25, -0.2) is 9.97 Å². The maximum atomic E-state index is 6.01. The summed E-state index contributed by atoms with van der Waals surface area (Å²) >= 11 is 2.22. The van der Waals surface area contributed by atoms with Gasteiger partial charge in [0, 0.05) is 12.3 Å². The van der Waals surface area contributed by atoms with Crippen LogP contribution in [0.2, 0.25) is 0 Å². The van der Waals surface area contributed by atoms with E-state index in [1.165, 1.54) is 6.33 Å². The van der Waals surface area contributed by atoms with E-state index in [-0.39, 0.29) is 0 Å². The van der Waals surface area contributed by atoms with Crippen molar-refractivity contribution in [2.45, 2.75) is 19.8 Å². The lowest BCUT2D eigenvalue weighted by atomic mass is 10.1. The van der Waals surface area contributed by atoms with Crippen molar-refractivity contribution in [1.82, 2.24) is 19.7 Å². The van der Waals surface area contributed by atoms with Gasteiger partial charge in [-0.2, -0.15) is 9.78 Å². The molecule has 0 fully saturated rings. The Balaban J connectivity index is 2.55. The van der Waals surface area contributed by atoms with E-state index in [0.29, 0.717) is 17.6 Å². The molecule has 0 aliphatic heterocycles. The average molecular weight is 329 g/mol. The summed E-state index contributed by atoms with van der Waals surface area (Å²) in [4.78, 5) is 8.00. The Bertz CT molecular complexity index is 491. The van der Waals surface area contributed by atoms with Crippen LogP contribution in [0.25, 0.3) is 5.82 Å². The summed E-state index contributed by atoms with van der Waals surface area (Å²) in [5.74, 6) is 1.66. The van der Waals surface area contributed by atoms with Crippen molar-refractivity contribution in [3.63, 3.8) is 0 Å². The van der Waals surface area contributed by atoms with Gasteiger partial charge in [0.2, 0.25) is 0 Å². The summed E-state index contributed by atoms with van der Waals surface area (Å²) in [5.41, 5.74) is 7.00. The lowest BCUT2D eigenvalue weighted by Gasteiger charge is -2.01. The molecule has 0 bridgehead atoms. The highest BCUT2D eigenvalue weighted by Crippen LogP contribution is 2.26. The zero-order chi connectivity index (χ0) is 11.7. The molecule has 0 saturated heterocycles. The third-order valence-electron chi connectivity index (χ3n) is 2.22. The van der Waals surface area contributed by atoms with Crippen LogP contribution in [0, 0.1) is 3.57 Å². The number of rotatable bonds is 2. The highest BCUT2D eigenvalue weighted by molar-refractivity contribution is 14.1. The topological polar surface area (TPSA) is 69.6 Å². The zero-order valence-corrected chi connectivity index (χ0v) is 11.2. The van der Waals surface area contributed by atoms with Crippen LogP contribution in [0.5, 0.6) is 0 Å². The molecule has 2 N–H and O–H groups in total. The molecule has 0 unspecified atom stereocenters. The van der Waals surface area contributed by atoms with Crippen molar-refractivity contribution in [2.24, 2.45) is 0 Å². The predicted octanol–water partition coefficient (Wildman–Crippen LogP) is 1.97. The number of nitrogens with zero attached hydrogens (tertiary/aromatic N) is 4. The van der Waals surface area contributed by atoms with Gasteiger partial charge in [0.1, 0.15) is 12.1 Å². The molecule has 0 aromatic carbocycles. The molecule has 0 spiro atoms. The lowest BCUT2D eigenvalue weighted by molar-refractivity contribution is 0.757. The monoisotopic (exact) mass is 329 g/mol. The van der Waals surface area contributed by atoms with E-state index in [9.17, 15) is 0 Å². The van der Waals surface area contributed by atoms with Crippen LogP contribution < -0.4 is 5.73 Å². The Morgan fingerprint density at radius 2 is 2.19 bits per heavy atom. The van der Waals surface area contributed by atoms with E-state index >= 15 is 0 Å². The van der Waals surface area contributed by atoms with Crippen LogP contribution in [0.15, 0.2) is 18.6 Å². The van der Waals surface area contributed by atoms with E-state index in [4.69, 9.17) is 5.73 Å². The Kier molecular flexibility index (Phi) is 3.08. The van der Waals surface area contributed by atoms with Crippen molar-refractivity contribution in [3.8, 4) is 5.82 Å². The first-order chi connectivity index (χ1) is 7.61. The van der Waals surface area contributed by atoms with E-state index < -0.39 is 0 Å². The maximum Gasteiger partial charge on any atom is 0.159 e. The van der Waals surface area contributed by atoms with Gasteiger partial charge in [-0.15, -0.1) is 0 Å². The second kappa shape index (κ2) is 4.36. The van der Waals surface area contributed by atoms with Gasteiger partial charge in [0.25, 0.3) is 0 Å². The van der Waals surface area contributed by atoms with E-state index in [0.717, 1.165) is 9.26 Å². The van der Waals surface area contributed by atoms with E-state index in [1.807, 2.05) is 0 Å². The number of nitrogen functional groups attached to an aromatic ring is 1. The van der Waals surface area contributed by atoms with Crippen LogP contribution in [-0.2, 0) is 0 Å². The molecule has 0 aliphatic rings. The minimum Gasteiger partial charge on any atom is -0.383 e. The molecule has 2 rings (SSSR count). The summed E-state index contributed by atoms with van der Waals surface area (Å²) in [5, 5.41) is 4.47. The molecule has 0 radical (unpaired) electrons. The minimum atomic E-state index is 0.345. The number of hydrogen-bond donors (Lipinski definition) is 1.